The first kappa shape index (κ1) is 34.6. The van der Waals surface area contributed by atoms with E-state index in [1.807, 2.05) is 6.08 Å². The van der Waals surface area contributed by atoms with Crippen LogP contribution in [0.1, 0.15) is 29.9 Å². The molecular weight excluding hydrogens is 821 g/mol. The van der Waals surface area contributed by atoms with Gasteiger partial charge in [0.2, 0.25) is 11.8 Å². The molecule has 2 aliphatic carbocycles. The van der Waals surface area contributed by atoms with E-state index < -0.39 is 52.6 Å². The van der Waals surface area contributed by atoms with Crippen LogP contribution in [0.3, 0.4) is 0 Å². The molecular formula is C39H29Br2ClFN3O6. The van der Waals surface area contributed by atoms with Crippen LogP contribution in [0.4, 0.5) is 15.8 Å². The first-order chi connectivity index (χ1) is 24.9. The maximum absolute atomic E-state index is 15.3. The van der Waals surface area contributed by atoms with Gasteiger partial charge in [-0.15, -0.1) is 0 Å². The smallest absolute Gasteiger partial charge is 0.260 e. The Balaban J connectivity index is 1.35. The number of aromatic hydroxyl groups is 1. The van der Waals surface area contributed by atoms with Crippen molar-refractivity contribution in [3.05, 3.63) is 127 Å². The number of nitrogens with one attached hydrogen (secondary N) is 1. The molecule has 52 heavy (non-hydrogen) atoms. The third-order valence-electron chi connectivity index (χ3n) is 10.9. The summed E-state index contributed by atoms with van der Waals surface area (Å²) in [5, 5.41) is 12.3. The lowest BCUT2D eigenvalue weighted by molar-refractivity contribution is -0.138. The topological polar surface area (TPSA) is 116 Å². The highest BCUT2D eigenvalue weighted by molar-refractivity contribution is 9.10. The zero-order chi connectivity index (χ0) is 36.6. The molecule has 3 fully saturated rings. The quantitative estimate of drug-likeness (QED) is 0.150. The van der Waals surface area contributed by atoms with Gasteiger partial charge in [-0.2, -0.15) is 5.01 Å². The molecule has 4 aliphatic rings. The number of phenolic OH excluding ortho intramolecular Hbond substituents is 1. The molecule has 264 valence electrons. The van der Waals surface area contributed by atoms with E-state index in [2.05, 4.69) is 37.3 Å². The van der Waals surface area contributed by atoms with Gasteiger partial charge in [0.1, 0.15) is 5.82 Å². The minimum atomic E-state index is -1.58. The Morgan fingerprint density at radius 1 is 0.904 bits per heavy atom. The molecule has 2 N–H and O–H groups in total. The number of methoxy groups -OCH3 is 1. The van der Waals surface area contributed by atoms with Crippen LogP contribution in [0.25, 0.3) is 0 Å². The van der Waals surface area contributed by atoms with Crippen LogP contribution in [0.5, 0.6) is 11.5 Å². The predicted molar refractivity (Wildman–Crippen MR) is 198 cm³/mol. The number of fused-ring (bicyclic) bond motifs is 4. The van der Waals surface area contributed by atoms with E-state index in [1.165, 1.54) is 36.3 Å². The molecule has 0 unspecified atom stereocenters. The summed E-state index contributed by atoms with van der Waals surface area (Å²) in [6.07, 6.45) is 2.27. The van der Waals surface area contributed by atoms with E-state index in [1.54, 1.807) is 60.7 Å². The lowest BCUT2D eigenvalue weighted by Gasteiger charge is -2.50. The number of imide groups is 2. The molecule has 9 nitrogen and oxygen atoms in total. The van der Waals surface area contributed by atoms with Crippen LogP contribution in [-0.2, 0) is 24.6 Å². The van der Waals surface area contributed by atoms with Gasteiger partial charge >= 0.3 is 0 Å². The monoisotopic (exact) mass is 847 g/mol. The Morgan fingerprint density at radius 3 is 2.27 bits per heavy atom. The molecule has 8 rings (SSSR count). The highest BCUT2D eigenvalue weighted by Crippen LogP contribution is 2.64. The summed E-state index contributed by atoms with van der Waals surface area (Å²) in [6.45, 7) is 0. The molecule has 2 heterocycles. The predicted octanol–water partition coefficient (Wildman–Crippen LogP) is 7.91. The number of hydrazine groups is 1. The molecule has 6 atom stereocenters. The van der Waals surface area contributed by atoms with Gasteiger partial charge in [0.05, 0.1) is 46.1 Å². The Bertz CT molecular complexity index is 2200. The van der Waals surface area contributed by atoms with E-state index in [4.69, 9.17) is 16.3 Å². The normalized spacial score (nSPS) is 26.6. The summed E-state index contributed by atoms with van der Waals surface area (Å²) in [4.78, 5) is 59.8. The Labute approximate surface area is 319 Å². The number of nitrogens with zero attached hydrogens (tertiary/aromatic N) is 2. The van der Waals surface area contributed by atoms with Crippen molar-refractivity contribution in [3.63, 3.8) is 0 Å². The number of rotatable bonds is 6. The van der Waals surface area contributed by atoms with Crippen LogP contribution >= 0.6 is 43.5 Å². The second-order valence-corrected chi connectivity index (χ2v) is 15.6. The third kappa shape index (κ3) is 5.13. The summed E-state index contributed by atoms with van der Waals surface area (Å²) in [5.41, 5.74) is 3.92. The summed E-state index contributed by atoms with van der Waals surface area (Å²) in [7, 11) is 1.41. The second kappa shape index (κ2) is 12.9. The van der Waals surface area contributed by atoms with Crippen LogP contribution in [-0.4, -0.2) is 40.9 Å². The molecule has 0 spiro atoms. The zero-order valence-electron chi connectivity index (χ0n) is 27.4. The van der Waals surface area contributed by atoms with Crippen molar-refractivity contribution < 1.29 is 33.4 Å². The molecule has 2 aliphatic heterocycles. The molecule has 13 heteroatoms. The van der Waals surface area contributed by atoms with Gasteiger partial charge in [-0.3, -0.25) is 29.5 Å². The number of halogens is 4. The van der Waals surface area contributed by atoms with Gasteiger partial charge in [0.25, 0.3) is 11.8 Å². The van der Waals surface area contributed by atoms with Crippen molar-refractivity contribution in [2.45, 2.75) is 24.2 Å². The van der Waals surface area contributed by atoms with Crippen molar-refractivity contribution in [2.24, 2.45) is 23.7 Å². The molecule has 2 saturated heterocycles. The number of hydrogen-bond donors (Lipinski definition) is 2. The highest BCUT2D eigenvalue weighted by atomic mass is 79.9. The van der Waals surface area contributed by atoms with Gasteiger partial charge in [-0.1, -0.05) is 51.3 Å². The fourth-order valence-corrected chi connectivity index (χ4v) is 9.64. The van der Waals surface area contributed by atoms with Crippen molar-refractivity contribution in [2.75, 3.05) is 17.4 Å². The summed E-state index contributed by atoms with van der Waals surface area (Å²) in [6, 6.07) is 22.3. The standard InChI is InChI=1S/C39H29Br2ClFN3O6/c1-52-31-17-19(16-30(41)34(31)47)33-26-14-15-27-32(37(50)45(35(27)48)25-12-4-21(40)5-13-25)28(26)18-29-36(49)46(44-24-10-8-23(43)9-11-24)38(51)39(29,33)20-2-6-22(42)7-3-20/h2-14,16-17,27-29,32-33,44,47H,15,18H2,1H3/t27-,28+,29-,32-,33-,39+/m0/s1. The number of allylic oxidation sites excluding steroid dienone is 2. The fourth-order valence-electron chi connectivity index (χ4n) is 8.79. The van der Waals surface area contributed by atoms with Gasteiger partial charge in [0, 0.05) is 15.4 Å². The minimum absolute atomic E-state index is 0.0852. The largest absolute Gasteiger partial charge is 0.503 e. The van der Waals surface area contributed by atoms with E-state index >= 15 is 4.79 Å². The fraction of sp³-hybridized carbons (Fsp3) is 0.231. The van der Waals surface area contributed by atoms with Crippen molar-refractivity contribution in [1.82, 2.24) is 5.01 Å². The van der Waals surface area contributed by atoms with Crippen LogP contribution in [0.2, 0.25) is 5.02 Å². The van der Waals surface area contributed by atoms with Gasteiger partial charge < -0.3 is 9.84 Å². The van der Waals surface area contributed by atoms with Crippen LogP contribution in [0.15, 0.2) is 106 Å². The van der Waals surface area contributed by atoms with E-state index in [0.29, 0.717) is 32.0 Å². The third-order valence-corrected chi connectivity index (χ3v) is 12.3. The average Bonchev–Trinajstić information content (AvgIpc) is 3.51. The van der Waals surface area contributed by atoms with Crippen molar-refractivity contribution in [1.29, 1.82) is 0 Å². The van der Waals surface area contributed by atoms with Gasteiger partial charge in [-0.25, -0.2) is 4.39 Å². The van der Waals surface area contributed by atoms with Gasteiger partial charge in [0.15, 0.2) is 11.5 Å². The Hall–Kier alpha value is -4.52. The van der Waals surface area contributed by atoms with Crippen LogP contribution < -0.4 is 15.1 Å². The number of carbonyl (C=O) groups excluding carboxylic acids is 4. The summed E-state index contributed by atoms with van der Waals surface area (Å²) >= 11 is 13.2. The summed E-state index contributed by atoms with van der Waals surface area (Å²) in [5.74, 6) is -6.26. The van der Waals surface area contributed by atoms with Crippen molar-refractivity contribution >= 4 is 78.5 Å². The lowest BCUT2D eigenvalue weighted by atomic mass is 9.49. The Morgan fingerprint density at radius 2 is 1.60 bits per heavy atom. The minimum Gasteiger partial charge on any atom is -0.503 e. The van der Waals surface area contributed by atoms with E-state index in [0.717, 1.165) is 15.1 Å². The number of anilines is 2. The van der Waals surface area contributed by atoms with E-state index in [-0.39, 0.29) is 36.2 Å². The lowest BCUT2D eigenvalue weighted by Crippen LogP contribution is -2.53. The maximum Gasteiger partial charge on any atom is 0.260 e. The van der Waals surface area contributed by atoms with Crippen molar-refractivity contribution in [3.8, 4) is 11.5 Å². The number of ether oxygens (including phenoxy) is 1. The molecule has 4 aromatic carbocycles. The van der Waals surface area contributed by atoms with Gasteiger partial charge in [-0.05, 0) is 119 Å². The number of benzene rings is 4. The molecule has 0 bridgehead atoms. The number of amides is 4. The second-order valence-electron chi connectivity index (χ2n) is 13.4. The maximum atomic E-state index is 15.3. The molecule has 0 aromatic heterocycles. The SMILES string of the molecule is COc1cc([C@H]2C3=CC[C@@H]4C(=O)N(c5ccc(Br)cc5)C(=O)[C@@H]4[C@@H]3C[C@H]3C(=O)N(Nc4ccc(F)cc4)C(=O)[C@@]23c2ccc(Cl)cc2)cc(Br)c1O. The molecule has 4 amide bonds. The first-order valence-corrected chi connectivity index (χ1v) is 18.5. The number of phenols is 1. The summed E-state index contributed by atoms with van der Waals surface area (Å²) < 4.78 is 20.5. The van der Waals surface area contributed by atoms with Crippen LogP contribution in [0, 0.1) is 29.5 Å². The zero-order valence-corrected chi connectivity index (χ0v) is 31.3. The Kier molecular flexibility index (Phi) is 8.54. The first-order valence-electron chi connectivity index (χ1n) is 16.5. The molecule has 1 saturated carbocycles. The number of carbonyl (C=O) groups is 4. The number of hydrogen-bond acceptors (Lipinski definition) is 7. The average molecular weight is 850 g/mol. The van der Waals surface area contributed by atoms with E-state index in [9.17, 15) is 23.9 Å². The molecule has 0 radical (unpaired) electrons. The highest BCUT2D eigenvalue weighted by Gasteiger charge is 2.70. The molecule has 4 aromatic rings.